The van der Waals surface area contributed by atoms with Crippen LogP contribution in [0.3, 0.4) is 0 Å². The molecule has 0 atom stereocenters. The Bertz CT molecular complexity index is 1100. The van der Waals surface area contributed by atoms with Crippen LogP contribution in [0.4, 0.5) is 22.0 Å². The predicted octanol–water partition coefficient (Wildman–Crippen LogP) is 2.70. The summed E-state index contributed by atoms with van der Waals surface area (Å²) in [5.74, 6) is 0.0803. The van der Waals surface area contributed by atoms with Crippen LogP contribution in [0.25, 0.3) is 22.0 Å². The molecular formula is C17H14FN7O. The highest BCUT2D eigenvalue weighted by atomic mass is 19.1. The molecule has 2 aromatic heterocycles. The number of nitrogen functional groups attached to an aromatic ring is 3. The molecule has 2 aromatic carbocycles. The number of fused-ring (bicyclic) bond motifs is 1. The molecule has 7 N–H and O–H groups in total. The zero-order chi connectivity index (χ0) is 18.3. The fraction of sp³-hybridized carbons (Fsp3) is 0. The lowest BCUT2D eigenvalue weighted by Gasteiger charge is -2.11. The first-order valence-electron chi connectivity index (χ1n) is 7.60. The number of rotatable bonds is 3. The standard InChI is InChI=1S/C17H14FN7O/c18-11-6-8(14-15(19)23-17(21)24-16(14)20)1-4-13(11)26-10-2-3-12-9(5-10)7-22-25-12/h1-7H,(H,22,25)(H6,19,20,21,23,24). The van der Waals surface area contributed by atoms with Crippen LogP contribution in [0, 0.1) is 5.82 Å². The molecule has 0 amide bonds. The van der Waals surface area contributed by atoms with Crippen LogP contribution < -0.4 is 21.9 Å². The normalized spacial score (nSPS) is 11.0. The molecular weight excluding hydrogens is 337 g/mol. The molecule has 0 saturated carbocycles. The Balaban J connectivity index is 1.68. The number of aromatic nitrogens is 4. The summed E-state index contributed by atoms with van der Waals surface area (Å²) in [5.41, 5.74) is 18.8. The minimum Gasteiger partial charge on any atom is -0.454 e. The van der Waals surface area contributed by atoms with Crippen LogP contribution in [0.2, 0.25) is 0 Å². The molecule has 0 unspecified atom stereocenters. The Hall–Kier alpha value is -3.88. The average molecular weight is 351 g/mol. The lowest BCUT2D eigenvalue weighted by molar-refractivity contribution is 0.443. The van der Waals surface area contributed by atoms with Crippen LogP contribution in [0.15, 0.2) is 42.6 Å². The van der Waals surface area contributed by atoms with Crippen LogP contribution in [-0.2, 0) is 0 Å². The van der Waals surface area contributed by atoms with Gasteiger partial charge in [-0.25, -0.2) is 4.39 Å². The Morgan fingerprint density at radius 3 is 2.46 bits per heavy atom. The van der Waals surface area contributed by atoms with Gasteiger partial charge in [0.2, 0.25) is 5.95 Å². The van der Waals surface area contributed by atoms with Gasteiger partial charge in [0, 0.05) is 5.39 Å². The molecule has 0 saturated heterocycles. The molecule has 0 aliphatic rings. The summed E-state index contributed by atoms with van der Waals surface area (Å²) in [4.78, 5) is 7.71. The second kappa shape index (κ2) is 5.88. The first kappa shape index (κ1) is 15.6. The number of ether oxygens (including phenoxy) is 1. The zero-order valence-corrected chi connectivity index (χ0v) is 13.4. The van der Waals surface area contributed by atoms with Crippen LogP contribution in [-0.4, -0.2) is 20.2 Å². The van der Waals surface area contributed by atoms with E-state index < -0.39 is 5.82 Å². The fourth-order valence-electron chi connectivity index (χ4n) is 2.66. The molecule has 4 aromatic rings. The Morgan fingerprint density at radius 2 is 1.73 bits per heavy atom. The number of nitrogens with two attached hydrogens (primary N) is 3. The first-order chi connectivity index (χ1) is 12.5. The Labute approximate surface area is 146 Å². The van der Waals surface area contributed by atoms with Crippen molar-refractivity contribution in [1.29, 1.82) is 0 Å². The molecule has 0 aliphatic carbocycles. The van der Waals surface area contributed by atoms with Gasteiger partial charge in [0.25, 0.3) is 0 Å². The van der Waals surface area contributed by atoms with E-state index in [2.05, 4.69) is 20.2 Å². The van der Waals surface area contributed by atoms with E-state index >= 15 is 0 Å². The van der Waals surface area contributed by atoms with Crippen molar-refractivity contribution in [2.45, 2.75) is 0 Å². The molecule has 0 radical (unpaired) electrons. The van der Waals surface area contributed by atoms with Gasteiger partial charge in [-0.05, 0) is 35.9 Å². The molecule has 0 aliphatic heterocycles. The molecule has 4 rings (SSSR count). The third-order valence-corrected chi connectivity index (χ3v) is 3.84. The topological polar surface area (TPSA) is 142 Å². The van der Waals surface area contributed by atoms with E-state index in [9.17, 15) is 4.39 Å². The van der Waals surface area contributed by atoms with Gasteiger partial charge in [-0.2, -0.15) is 15.1 Å². The number of nitrogens with one attached hydrogen (secondary N) is 1. The minimum absolute atomic E-state index is 0.0428. The molecule has 130 valence electrons. The first-order valence-corrected chi connectivity index (χ1v) is 7.60. The SMILES string of the molecule is Nc1nc(N)c(-c2ccc(Oc3ccc4[nH]ncc4c3)c(F)c2)c(N)n1. The number of halogens is 1. The molecule has 0 spiro atoms. The number of aromatic amines is 1. The summed E-state index contributed by atoms with van der Waals surface area (Å²) in [6, 6.07) is 9.65. The summed E-state index contributed by atoms with van der Waals surface area (Å²) in [7, 11) is 0. The molecule has 8 nitrogen and oxygen atoms in total. The quantitative estimate of drug-likeness (QED) is 0.444. The van der Waals surface area contributed by atoms with Gasteiger partial charge >= 0.3 is 0 Å². The number of H-pyrrole nitrogens is 1. The van der Waals surface area contributed by atoms with Crippen molar-refractivity contribution < 1.29 is 9.13 Å². The Kier molecular flexibility index (Phi) is 3.54. The maximum atomic E-state index is 14.5. The number of anilines is 3. The van der Waals surface area contributed by atoms with E-state index in [1.165, 1.54) is 12.1 Å². The second-order valence-electron chi connectivity index (χ2n) is 5.59. The number of hydrogen-bond donors (Lipinski definition) is 4. The smallest absolute Gasteiger partial charge is 0.223 e. The van der Waals surface area contributed by atoms with Gasteiger partial charge < -0.3 is 21.9 Å². The number of benzene rings is 2. The van der Waals surface area contributed by atoms with E-state index in [1.54, 1.807) is 30.5 Å². The van der Waals surface area contributed by atoms with Crippen molar-refractivity contribution in [3.8, 4) is 22.6 Å². The highest BCUT2D eigenvalue weighted by Crippen LogP contribution is 2.34. The van der Waals surface area contributed by atoms with Crippen molar-refractivity contribution in [2.75, 3.05) is 17.2 Å². The van der Waals surface area contributed by atoms with E-state index in [4.69, 9.17) is 21.9 Å². The van der Waals surface area contributed by atoms with Crippen LogP contribution in [0.5, 0.6) is 11.5 Å². The van der Waals surface area contributed by atoms with Crippen molar-refractivity contribution in [3.63, 3.8) is 0 Å². The molecule has 0 fully saturated rings. The van der Waals surface area contributed by atoms with Gasteiger partial charge in [0.05, 0.1) is 17.3 Å². The summed E-state index contributed by atoms with van der Waals surface area (Å²) < 4.78 is 20.2. The summed E-state index contributed by atoms with van der Waals surface area (Å²) >= 11 is 0. The van der Waals surface area contributed by atoms with Crippen LogP contribution in [0.1, 0.15) is 0 Å². The monoisotopic (exact) mass is 351 g/mol. The van der Waals surface area contributed by atoms with Crippen LogP contribution >= 0.6 is 0 Å². The van der Waals surface area contributed by atoms with E-state index in [0.29, 0.717) is 16.9 Å². The highest BCUT2D eigenvalue weighted by molar-refractivity contribution is 5.83. The van der Waals surface area contributed by atoms with Crippen molar-refractivity contribution in [1.82, 2.24) is 20.2 Å². The lowest BCUT2D eigenvalue weighted by Crippen LogP contribution is -2.06. The summed E-state index contributed by atoms with van der Waals surface area (Å²) in [6.45, 7) is 0. The number of nitrogens with zero attached hydrogens (tertiary/aromatic N) is 3. The molecule has 2 heterocycles. The van der Waals surface area contributed by atoms with E-state index in [-0.39, 0.29) is 23.3 Å². The zero-order valence-electron chi connectivity index (χ0n) is 13.4. The fourth-order valence-corrected chi connectivity index (χ4v) is 2.66. The van der Waals surface area contributed by atoms with E-state index in [1.807, 2.05) is 0 Å². The second-order valence-corrected chi connectivity index (χ2v) is 5.59. The summed E-state index contributed by atoms with van der Waals surface area (Å²) in [6.07, 6.45) is 1.66. The van der Waals surface area contributed by atoms with Gasteiger partial charge in [-0.1, -0.05) is 6.07 Å². The maximum Gasteiger partial charge on any atom is 0.223 e. The van der Waals surface area contributed by atoms with Gasteiger partial charge in [0.15, 0.2) is 11.6 Å². The summed E-state index contributed by atoms with van der Waals surface area (Å²) in [5, 5.41) is 7.63. The molecule has 9 heteroatoms. The third kappa shape index (κ3) is 2.71. The minimum atomic E-state index is -0.578. The van der Waals surface area contributed by atoms with Gasteiger partial charge in [-0.15, -0.1) is 0 Å². The van der Waals surface area contributed by atoms with Gasteiger partial charge in [-0.3, -0.25) is 5.10 Å². The Morgan fingerprint density at radius 1 is 0.962 bits per heavy atom. The lowest BCUT2D eigenvalue weighted by atomic mass is 10.1. The van der Waals surface area contributed by atoms with Crippen molar-refractivity contribution in [2.24, 2.45) is 0 Å². The molecule has 26 heavy (non-hydrogen) atoms. The highest BCUT2D eigenvalue weighted by Gasteiger charge is 2.14. The maximum absolute atomic E-state index is 14.5. The number of hydrogen-bond acceptors (Lipinski definition) is 7. The third-order valence-electron chi connectivity index (χ3n) is 3.84. The largest absolute Gasteiger partial charge is 0.454 e. The van der Waals surface area contributed by atoms with Gasteiger partial charge in [0.1, 0.15) is 17.4 Å². The molecule has 0 bridgehead atoms. The van der Waals surface area contributed by atoms with Crippen molar-refractivity contribution in [3.05, 3.63) is 48.4 Å². The average Bonchev–Trinajstić information content (AvgIpc) is 3.04. The van der Waals surface area contributed by atoms with E-state index in [0.717, 1.165) is 10.9 Å². The predicted molar refractivity (Wildman–Crippen MR) is 96.8 cm³/mol. The van der Waals surface area contributed by atoms with Crippen molar-refractivity contribution >= 4 is 28.5 Å².